The number of hydrogen-bond acceptors (Lipinski definition) is 5. The van der Waals surface area contributed by atoms with E-state index in [-0.39, 0.29) is 18.6 Å². The van der Waals surface area contributed by atoms with E-state index >= 15 is 0 Å². The van der Waals surface area contributed by atoms with Gasteiger partial charge < -0.3 is 24.0 Å². The molecule has 1 N–H and O–H groups in total. The van der Waals surface area contributed by atoms with Crippen LogP contribution in [0, 0.1) is 0 Å². The first-order chi connectivity index (χ1) is 15.7. The lowest BCUT2D eigenvalue weighted by Crippen LogP contribution is -2.48. The molecule has 1 aliphatic rings. The molecule has 176 valence electrons. The maximum atomic E-state index is 13.6. The van der Waals surface area contributed by atoms with E-state index in [1.807, 2.05) is 51.3 Å². The van der Waals surface area contributed by atoms with E-state index in [1.165, 1.54) is 5.56 Å². The first kappa shape index (κ1) is 23.4. The van der Waals surface area contributed by atoms with Gasteiger partial charge in [0.2, 0.25) is 0 Å². The van der Waals surface area contributed by atoms with Crippen molar-refractivity contribution in [3.05, 3.63) is 47.0 Å². The molecule has 0 radical (unpaired) electrons. The van der Waals surface area contributed by atoms with Crippen molar-refractivity contribution in [2.45, 2.75) is 52.3 Å². The Morgan fingerprint density at radius 3 is 2.61 bits per heavy atom. The van der Waals surface area contributed by atoms with Crippen LogP contribution >= 0.6 is 11.3 Å². The van der Waals surface area contributed by atoms with E-state index in [9.17, 15) is 9.90 Å². The molecular weight excluding hydrogens is 436 g/mol. The highest BCUT2D eigenvalue weighted by Crippen LogP contribution is 2.45. The first-order valence-electron chi connectivity index (χ1n) is 11.2. The number of carbonyl (C=O) groups is 1. The van der Waals surface area contributed by atoms with E-state index in [4.69, 9.17) is 9.47 Å². The standard InChI is InChI=1S/C26H32N2O4S/c1-16(2)32-22-14-18-17(12-21(22)31-6)9-10-28-20(25(30)27(5)26(3,4)15-29)13-19(24(18)28)23-8-7-11-33-23/h7-8,11-14,16,29H,9-10,15H2,1-6H3. The number of ether oxygens (including phenoxy) is 2. The second kappa shape index (κ2) is 8.88. The molecule has 0 unspecified atom stereocenters. The van der Waals surface area contributed by atoms with Crippen molar-refractivity contribution in [2.24, 2.45) is 0 Å². The summed E-state index contributed by atoms with van der Waals surface area (Å²) in [6.07, 6.45) is 0.794. The molecule has 1 aliphatic heterocycles. The highest BCUT2D eigenvalue weighted by atomic mass is 32.1. The van der Waals surface area contributed by atoms with Crippen LogP contribution in [0.15, 0.2) is 35.7 Å². The molecule has 3 heterocycles. The molecule has 1 aromatic carbocycles. The second-order valence-electron chi connectivity index (χ2n) is 9.33. The molecule has 6 nitrogen and oxygen atoms in total. The van der Waals surface area contributed by atoms with Crippen LogP contribution in [0.3, 0.4) is 0 Å². The van der Waals surface area contributed by atoms with Crippen LogP contribution in [-0.4, -0.2) is 52.9 Å². The van der Waals surface area contributed by atoms with Gasteiger partial charge in [-0.3, -0.25) is 4.79 Å². The molecule has 0 aliphatic carbocycles. The maximum Gasteiger partial charge on any atom is 0.270 e. The highest BCUT2D eigenvalue weighted by Gasteiger charge is 2.33. The Labute approximate surface area is 199 Å². The van der Waals surface area contributed by atoms with Crippen molar-refractivity contribution in [3.8, 4) is 33.2 Å². The Balaban J connectivity index is 1.92. The summed E-state index contributed by atoms with van der Waals surface area (Å²) in [5, 5.41) is 11.9. The zero-order valence-corrected chi connectivity index (χ0v) is 21.0. The summed E-state index contributed by atoms with van der Waals surface area (Å²) < 4.78 is 13.8. The van der Waals surface area contributed by atoms with Crippen LogP contribution in [0.5, 0.6) is 11.5 Å². The third-order valence-corrected chi connectivity index (χ3v) is 7.22. The molecule has 0 spiro atoms. The summed E-state index contributed by atoms with van der Waals surface area (Å²) in [6, 6.07) is 10.2. The quantitative estimate of drug-likeness (QED) is 0.525. The minimum absolute atomic E-state index is 0.00981. The van der Waals surface area contributed by atoms with Gasteiger partial charge in [-0.15, -0.1) is 11.3 Å². The number of likely N-dealkylation sites (N-methyl/N-ethyl adjacent to an activating group) is 1. The highest BCUT2D eigenvalue weighted by molar-refractivity contribution is 7.13. The largest absolute Gasteiger partial charge is 0.493 e. The predicted molar refractivity (Wildman–Crippen MR) is 132 cm³/mol. The average Bonchev–Trinajstić information content (AvgIpc) is 3.45. The average molecular weight is 469 g/mol. The van der Waals surface area contributed by atoms with Gasteiger partial charge in [-0.25, -0.2) is 0 Å². The Bertz CT molecular complexity index is 1160. The fraction of sp³-hybridized carbons (Fsp3) is 0.423. The summed E-state index contributed by atoms with van der Waals surface area (Å²) in [4.78, 5) is 16.3. The first-order valence-corrected chi connectivity index (χ1v) is 12.1. The Kier molecular flexibility index (Phi) is 6.29. The third-order valence-electron chi connectivity index (χ3n) is 6.31. The number of aliphatic hydroxyl groups excluding tert-OH is 1. The normalized spacial score (nSPS) is 13.0. The van der Waals surface area contributed by atoms with Gasteiger partial charge in [0.1, 0.15) is 5.69 Å². The number of aromatic nitrogens is 1. The van der Waals surface area contributed by atoms with Gasteiger partial charge >= 0.3 is 0 Å². The van der Waals surface area contributed by atoms with Gasteiger partial charge in [-0.05, 0) is 69.3 Å². The number of benzene rings is 1. The van der Waals surface area contributed by atoms with Gasteiger partial charge in [-0.1, -0.05) is 6.07 Å². The summed E-state index contributed by atoms with van der Waals surface area (Å²) in [6.45, 7) is 8.29. The molecule has 33 heavy (non-hydrogen) atoms. The molecule has 0 fully saturated rings. The van der Waals surface area contributed by atoms with Crippen LogP contribution in [0.4, 0.5) is 0 Å². The monoisotopic (exact) mass is 468 g/mol. The summed E-state index contributed by atoms with van der Waals surface area (Å²) in [5.41, 5.74) is 4.26. The van der Waals surface area contributed by atoms with Gasteiger partial charge in [0.05, 0.1) is 31.1 Å². The number of thiophene rings is 1. The van der Waals surface area contributed by atoms with Crippen molar-refractivity contribution < 1.29 is 19.4 Å². The Morgan fingerprint density at radius 2 is 2.00 bits per heavy atom. The van der Waals surface area contributed by atoms with Gasteiger partial charge in [-0.2, -0.15) is 0 Å². The number of methoxy groups -OCH3 is 1. The predicted octanol–water partition coefficient (Wildman–Crippen LogP) is 5.08. The van der Waals surface area contributed by atoms with Crippen molar-refractivity contribution in [1.82, 2.24) is 9.47 Å². The van der Waals surface area contributed by atoms with Crippen LogP contribution in [0.2, 0.25) is 0 Å². The van der Waals surface area contributed by atoms with Gasteiger partial charge in [0.25, 0.3) is 5.91 Å². The minimum Gasteiger partial charge on any atom is -0.493 e. The van der Waals surface area contributed by atoms with Gasteiger partial charge in [0.15, 0.2) is 11.5 Å². The molecule has 4 rings (SSSR count). The molecule has 3 aromatic rings. The number of amides is 1. The van der Waals surface area contributed by atoms with E-state index in [0.29, 0.717) is 18.0 Å². The number of aliphatic hydroxyl groups is 1. The summed E-state index contributed by atoms with van der Waals surface area (Å²) in [5.74, 6) is 1.32. The lowest BCUT2D eigenvalue weighted by molar-refractivity contribution is 0.0463. The zero-order valence-electron chi connectivity index (χ0n) is 20.1. The molecule has 1 amide bonds. The fourth-order valence-corrected chi connectivity index (χ4v) is 4.93. The molecule has 0 saturated carbocycles. The Hall–Kier alpha value is -2.77. The number of hydrogen-bond donors (Lipinski definition) is 1. The van der Waals surface area contributed by atoms with Crippen molar-refractivity contribution in [1.29, 1.82) is 0 Å². The Morgan fingerprint density at radius 1 is 1.24 bits per heavy atom. The summed E-state index contributed by atoms with van der Waals surface area (Å²) in [7, 11) is 3.41. The lowest BCUT2D eigenvalue weighted by Gasteiger charge is -2.34. The molecule has 0 atom stereocenters. The van der Waals surface area contributed by atoms with Crippen LogP contribution in [0.1, 0.15) is 43.7 Å². The van der Waals surface area contributed by atoms with E-state index in [0.717, 1.165) is 33.9 Å². The molecular formula is C26H32N2O4S. The van der Waals surface area contributed by atoms with Crippen LogP contribution in [-0.2, 0) is 13.0 Å². The van der Waals surface area contributed by atoms with Crippen LogP contribution < -0.4 is 9.47 Å². The number of aryl methyl sites for hydroxylation is 1. The topological polar surface area (TPSA) is 63.9 Å². The number of nitrogens with zero attached hydrogens (tertiary/aromatic N) is 2. The van der Waals surface area contributed by atoms with Crippen molar-refractivity contribution in [2.75, 3.05) is 20.8 Å². The van der Waals surface area contributed by atoms with Crippen LogP contribution in [0.25, 0.3) is 21.7 Å². The minimum atomic E-state index is -0.664. The zero-order chi connectivity index (χ0) is 23.9. The van der Waals surface area contributed by atoms with Crippen molar-refractivity contribution >= 4 is 17.2 Å². The lowest BCUT2D eigenvalue weighted by atomic mass is 9.95. The molecule has 7 heteroatoms. The van der Waals surface area contributed by atoms with Gasteiger partial charge in [0, 0.05) is 29.6 Å². The molecule has 0 bridgehead atoms. The molecule has 2 aromatic heterocycles. The van der Waals surface area contributed by atoms with E-state index in [1.54, 1.807) is 30.4 Å². The third kappa shape index (κ3) is 4.15. The van der Waals surface area contributed by atoms with E-state index in [2.05, 4.69) is 16.7 Å². The summed E-state index contributed by atoms with van der Waals surface area (Å²) >= 11 is 1.66. The second-order valence-corrected chi connectivity index (χ2v) is 10.3. The number of rotatable bonds is 7. The van der Waals surface area contributed by atoms with Crippen molar-refractivity contribution in [3.63, 3.8) is 0 Å². The fourth-order valence-electron chi connectivity index (χ4n) is 4.19. The van der Waals surface area contributed by atoms with E-state index < -0.39 is 5.54 Å². The molecule has 0 saturated heterocycles. The maximum absolute atomic E-state index is 13.6. The number of fused-ring (bicyclic) bond motifs is 3. The SMILES string of the molecule is COc1cc2c(cc1OC(C)C)-c1c(-c3cccs3)cc(C(=O)N(C)C(C)(C)CO)n1CC2. The smallest absolute Gasteiger partial charge is 0.270 e. The number of carbonyl (C=O) groups excluding carboxylic acids is 1.